The van der Waals surface area contributed by atoms with Gasteiger partial charge in [-0.15, -0.1) is 0 Å². The number of methoxy groups -OCH3 is 3. The minimum Gasteiger partial charge on any atom is -0.497 e. The van der Waals surface area contributed by atoms with Crippen LogP contribution in [0.15, 0.2) is 36.4 Å². The molecule has 1 unspecified atom stereocenters. The smallest absolute Gasteiger partial charge is 0.337 e. The molecule has 1 aliphatic heterocycles. The summed E-state index contributed by atoms with van der Waals surface area (Å²) in [5.41, 5.74) is 5.69. The zero-order valence-electron chi connectivity index (χ0n) is 21.4. The SMILES string of the molecule is COC(=O)c1ccc2c(C3CCCCC3)c3n(c2c1)CC1(C(=O)OC)[C@H](c2cc(OC)ccc2-3)[C@@H]1C. The van der Waals surface area contributed by atoms with Crippen molar-refractivity contribution in [3.05, 3.63) is 53.1 Å². The highest BCUT2D eigenvalue weighted by Gasteiger charge is 2.70. The normalized spacial score (nSPS) is 24.8. The molecule has 2 heterocycles. The molecule has 2 aliphatic carbocycles. The van der Waals surface area contributed by atoms with Crippen LogP contribution in [0.5, 0.6) is 5.75 Å². The molecule has 2 aromatic carbocycles. The Morgan fingerprint density at radius 3 is 2.44 bits per heavy atom. The second kappa shape index (κ2) is 8.39. The summed E-state index contributed by atoms with van der Waals surface area (Å²) in [7, 11) is 4.57. The highest BCUT2D eigenvalue weighted by atomic mass is 16.5. The number of aromatic nitrogens is 1. The topological polar surface area (TPSA) is 66.8 Å². The number of fused-ring (bicyclic) bond motifs is 7. The summed E-state index contributed by atoms with van der Waals surface area (Å²) < 4.78 is 18.4. The summed E-state index contributed by atoms with van der Waals surface area (Å²) in [4.78, 5) is 25.9. The number of carbonyl (C=O) groups excluding carboxylic acids is 2. The zero-order valence-corrected chi connectivity index (χ0v) is 21.4. The maximum atomic E-state index is 13.4. The molecule has 36 heavy (non-hydrogen) atoms. The molecular weight excluding hydrogens is 454 g/mol. The summed E-state index contributed by atoms with van der Waals surface area (Å²) in [5, 5.41) is 1.16. The Morgan fingerprint density at radius 1 is 0.972 bits per heavy atom. The van der Waals surface area contributed by atoms with Gasteiger partial charge in [0.2, 0.25) is 0 Å². The van der Waals surface area contributed by atoms with Crippen LogP contribution in [0.25, 0.3) is 22.2 Å². The maximum absolute atomic E-state index is 13.4. The first kappa shape index (κ1) is 23.1. The van der Waals surface area contributed by atoms with Crippen LogP contribution in [-0.2, 0) is 20.8 Å². The van der Waals surface area contributed by atoms with E-state index in [1.165, 1.54) is 44.7 Å². The average Bonchev–Trinajstić information content (AvgIpc) is 3.43. The van der Waals surface area contributed by atoms with E-state index >= 15 is 0 Å². The standard InChI is InChI=1S/C30H33NO5/c1-17-26-23-15-20(34-2)11-13-21(23)27-25(18-8-6-5-7-9-18)22-12-10-19(28(32)35-3)14-24(22)31(27)16-30(17,26)29(33)36-4/h10-15,17-18,26H,5-9,16H2,1-4H3/t17-,26-,30?/m0/s1. The lowest BCUT2D eigenvalue weighted by Crippen LogP contribution is -2.26. The van der Waals surface area contributed by atoms with E-state index in [2.05, 4.69) is 29.7 Å². The van der Waals surface area contributed by atoms with Crippen molar-refractivity contribution in [2.24, 2.45) is 11.3 Å². The maximum Gasteiger partial charge on any atom is 0.337 e. The molecule has 2 saturated carbocycles. The molecule has 6 heteroatoms. The number of esters is 2. The van der Waals surface area contributed by atoms with Gasteiger partial charge in [0.05, 0.1) is 38.0 Å². The molecule has 0 radical (unpaired) electrons. The summed E-state index contributed by atoms with van der Waals surface area (Å²) in [6.07, 6.45) is 6.02. The van der Waals surface area contributed by atoms with Crippen LogP contribution >= 0.6 is 0 Å². The lowest BCUT2D eigenvalue weighted by Gasteiger charge is -2.24. The van der Waals surface area contributed by atoms with E-state index in [9.17, 15) is 9.59 Å². The molecule has 0 saturated heterocycles. The van der Waals surface area contributed by atoms with Gasteiger partial charge in [-0.25, -0.2) is 4.79 Å². The highest BCUT2D eigenvalue weighted by Crippen LogP contribution is 2.70. The third kappa shape index (κ3) is 3.09. The molecule has 0 amide bonds. The van der Waals surface area contributed by atoms with E-state index in [4.69, 9.17) is 14.2 Å². The van der Waals surface area contributed by atoms with Crippen molar-refractivity contribution in [3.8, 4) is 17.0 Å². The van der Waals surface area contributed by atoms with Gasteiger partial charge in [0.1, 0.15) is 5.75 Å². The predicted molar refractivity (Wildman–Crippen MR) is 137 cm³/mol. The van der Waals surface area contributed by atoms with Gasteiger partial charge in [0.25, 0.3) is 0 Å². The van der Waals surface area contributed by atoms with Crippen LogP contribution in [0.4, 0.5) is 0 Å². The van der Waals surface area contributed by atoms with Crippen molar-refractivity contribution in [2.75, 3.05) is 21.3 Å². The van der Waals surface area contributed by atoms with Crippen molar-refractivity contribution in [2.45, 2.75) is 57.4 Å². The molecule has 3 atom stereocenters. The van der Waals surface area contributed by atoms with Crippen LogP contribution in [-0.4, -0.2) is 37.8 Å². The lowest BCUT2D eigenvalue weighted by molar-refractivity contribution is -0.148. The van der Waals surface area contributed by atoms with E-state index < -0.39 is 5.41 Å². The summed E-state index contributed by atoms with van der Waals surface area (Å²) in [6.45, 7) is 2.66. The Bertz CT molecular complexity index is 1380. The van der Waals surface area contributed by atoms with E-state index in [-0.39, 0.29) is 23.8 Å². The van der Waals surface area contributed by atoms with Crippen molar-refractivity contribution in [1.29, 1.82) is 0 Å². The third-order valence-electron chi connectivity index (χ3n) is 9.13. The first-order valence-corrected chi connectivity index (χ1v) is 13.0. The van der Waals surface area contributed by atoms with E-state index in [1.807, 2.05) is 18.2 Å². The molecule has 188 valence electrons. The Morgan fingerprint density at radius 2 is 1.75 bits per heavy atom. The van der Waals surface area contributed by atoms with Gasteiger partial charge in [-0.05, 0) is 66.1 Å². The second-order valence-corrected chi connectivity index (χ2v) is 10.7. The number of hydrogen-bond acceptors (Lipinski definition) is 5. The molecule has 0 N–H and O–H groups in total. The van der Waals surface area contributed by atoms with E-state index in [0.29, 0.717) is 18.0 Å². The molecule has 2 fully saturated rings. The van der Waals surface area contributed by atoms with Crippen molar-refractivity contribution < 1.29 is 23.8 Å². The van der Waals surface area contributed by atoms with Crippen LogP contribution in [0, 0.1) is 11.3 Å². The predicted octanol–water partition coefficient (Wildman–Crippen LogP) is 6.06. The number of benzene rings is 2. The third-order valence-corrected chi connectivity index (χ3v) is 9.13. The summed E-state index contributed by atoms with van der Waals surface area (Å²) in [5.74, 6) is 0.884. The summed E-state index contributed by atoms with van der Waals surface area (Å²) in [6, 6.07) is 12.2. The van der Waals surface area contributed by atoms with Crippen LogP contribution < -0.4 is 4.74 Å². The molecule has 3 aromatic rings. The van der Waals surface area contributed by atoms with E-state index in [1.54, 1.807) is 7.11 Å². The zero-order chi connectivity index (χ0) is 25.2. The fourth-order valence-electron chi connectivity index (χ4n) is 7.27. The quantitative estimate of drug-likeness (QED) is 0.419. The van der Waals surface area contributed by atoms with Crippen LogP contribution in [0.1, 0.15) is 72.3 Å². The highest BCUT2D eigenvalue weighted by molar-refractivity contribution is 6.00. The van der Waals surface area contributed by atoms with Gasteiger partial charge >= 0.3 is 11.9 Å². The van der Waals surface area contributed by atoms with Gasteiger partial charge in [-0.2, -0.15) is 0 Å². The monoisotopic (exact) mass is 487 g/mol. The van der Waals surface area contributed by atoms with Crippen LogP contribution in [0.3, 0.4) is 0 Å². The Kier molecular flexibility index (Phi) is 5.39. The van der Waals surface area contributed by atoms with Crippen molar-refractivity contribution >= 4 is 22.8 Å². The molecule has 0 spiro atoms. The fourth-order valence-corrected chi connectivity index (χ4v) is 7.27. The van der Waals surface area contributed by atoms with Gasteiger partial charge in [0.15, 0.2) is 0 Å². The minimum absolute atomic E-state index is 0.0491. The Hall–Kier alpha value is -3.28. The molecule has 1 aromatic heterocycles. The largest absolute Gasteiger partial charge is 0.497 e. The minimum atomic E-state index is -0.655. The van der Waals surface area contributed by atoms with Crippen molar-refractivity contribution in [3.63, 3.8) is 0 Å². The molecule has 6 nitrogen and oxygen atoms in total. The molecule has 0 bridgehead atoms. The van der Waals surface area contributed by atoms with E-state index in [0.717, 1.165) is 40.6 Å². The van der Waals surface area contributed by atoms with Gasteiger partial charge < -0.3 is 18.8 Å². The number of nitrogens with zero attached hydrogens (tertiary/aromatic N) is 1. The van der Waals surface area contributed by atoms with Gasteiger partial charge in [-0.1, -0.05) is 32.3 Å². The molecular formula is C30H33NO5. The van der Waals surface area contributed by atoms with Crippen LogP contribution in [0.2, 0.25) is 0 Å². The number of ether oxygens (including phenoxy) is 3. The van der Waals surface area contributed by atoms with Gasteiger partial charge in [0, 0.05) is 28.9 Å². The number of hydrogen-bond donors (Lipinski definition) is 0. The summed E-state index contributed by atoms with van der Waals surface area (Å²) >= 11 is 0. The second-order valence-electron chi connectivity index (χ2n) is 10.7. The number of carbonyl (C=O) groups is 2. The first-order chi connectivity index (χ1) is 17.5. The Balaban J connectivity index is 1.70. The lowest BCUT2D eigenvalue weighted by atomic mass is 9.81. The van der Waals surface area contributed by atoms with Crippen molar-refractivity contribution in [1.82, 2.24) is 4.57 Å². The Labute approximate surface area is 211 Å². The molecule has 3 aliphatic rings. The average molecular weight is 488 g/mol. The van der Waals surface area contributed by atoms with Gasteiger partial charge in [-0.3, -0.25) is 4.79 Å². The first-order valence-electron chi connectivity index (χ1n) is 13.0. The number of rotatable bonds is 4. The fraction of sp³-hybridized carbons (Fsp3) is 0.467. The molecule has 6 rings (SSSR count).